The zero-order valence-electron chi connectivity index (χ0n) is 14.4. The lowest BCUT2D eigenvalue weighted by Gasteiger charge is -2.10. The van der Waals surface area contributed by atoms with Crippen LogP contribution in [0.25, 0.3) is 0 Å². The number of nitrogens with zero attached hydrogens (tertiary/aromatic N) is 3. The average molecular weight is 401 g/mol. The summed E-state index contributed by atoms with van der Waals surface area (Å²) in [5, 5.41) is 2.73. The molecule has 0 aliphatic heterocycles. The van der Waals surface area contributed by atoms with Crippen LogP contribution in [0.15, 0.2) is 53.9 Å². The van der Waals surface area contributed by atoms with Gasteiger partial charge in [-0.2, -0.15) is 0 Å². The van der Waals surface area contributed by atoms with Crippen molar-refractivity contribution in [3.8, 4) is 11.8 Å². The summed E-state index contributed by atoms with van der Waals surface area (Å²) in [5.41, 5.74) is -0.681. The first-order valence-corrected chi connectivity index (χ1v) is 9.31. The van der Waals surface area contributed by atoms with Gasteiger partial charge in [0.05, 0.1) is 16.8 Å². The molecule has 7 nitrogen and oxygen atoms in total. The fourth-order valence-electron chi connectivity index (χ4n) is 2.11. The Bertz CT molecular complexity index is 1160. The molecule has 0 radical (unpaired) electrons. The number of hydrogen-bond donors (Lipinski definition) is 2. The third kappa shape index (κ3) is 4.21. The molecule has 0 saturated carbocycles. The van der Waals surface area contributed by atoms with Crippen molar-refractivity contribution in [2.75, 3.05) is 17.1 Å². The first-order valence-electron chi connectivity index (χ1n) is 7.83. The molecule has 2 N–H and O–H groups in total. The highest BCUT2D eigenvalue weighted by molar-refractivity contribution is 7.92. The van der Waals surface area contributed by atoms with Crippen molar-refractivity contribution in [3.05, 3.63) is 71.8 Å². The third-order valence-corrected chi connectivity index (χ3v) is 4.84. The fraction of sp³-hybridized carbons (Fsp3) is 0.0556. The summed E-state index contributed by atoms with van der Waals surface area (Å²) in [5.74, 6) is 3.21. The maximum absolute atomic E-state index is 14.7. The van der Waals surface area contributed by atoms with Crippen molar-refractivity contribution < 1.29 is 17.2 Å². The molecular formula is C18H13F2N5O2S. The summed E-state index contributed by atoms with van der Waals surface area (Å²) in [6, 6.07) is 4.63. The predicted octanol–water partition coefficient (Wildman–Crippen LogP) is 2.39. The number of hydrogen-bond acceptors (Lipinski definition) is 6. The van der Waals surface area contributed by atoms with E-state index >= 15 is 0 Å². The van der Waals surface area contributed by atoms with Gasteiger partial charge in [0.2, 0.25) is 5.95 Å². The molecular weight excluding hydrogens is 388 g/mol. The quantitative estimate of drug-likeness (QED) is 0.652. The second-order valence-electron chi connectivity index (χ2n) is 5.37. The smallest absolute Gasteiger partial charge is 0.263 e. The summed E-state index contributed by atoms with van der Waals surface area (Å²) < 4.78 is 55.4. The number of halogens is 2. The molecule has 0 fully saturated rings. The van der Waals surface area contributed by atoms with E-state index < -0.39 is 32.9 Å². The minimum atomic E-state index is -4.09. The minimum Gasteiger partial charge on any atom is -0.357 e. The van der Waals surface area contributed by atoms with E-state index in [2.05, 4.69) is 36.8 Å². The topological polar surface area (TPSA) is 96.9 Å². The molecule has 0 aliphatic rings. The normalized spacial score (nSPS) is 10.7. The molecule has 2 heterocycles. The van der Waals surface area contributed by atoms with Gasteiger partial charge in [0, 0.05) is 31.8 Å². The third-order valence-electron chi connectivity index (χ3n) is 3.49. The first-order chi connectivity index (χ1) is 13.4. The molecule has 0 atom stereocenters. The van der Waals surface area contributed by atoms with Gasteiger partial charge in [-0.1, -0.05) is 11.8 Å². The number of aromatic nitrogens is 3. The van der Waals surface area contributed by atoms with Gasteiger partial charge in [-0.15, -0.1) is 0 Å². The second kappa shape index (κ2) is 7.98. The Hall–Kier alpha value is -3.58. The lowest BCUT2D eigenvalue weighted by atomic mass is 10.1. The Morgan fingerprint density at radius 2 is 1.79 bits per heavy atom. The Morgan fingerprint density at radius 3 is 2.43 bits per heavy atom. The molecule has 10 heteroatoms. The van der Waals surface area contributed by atoms with Gasteiger partial charge in [0.15, 0.2) is 5.82 Å². The molecule has 0 unspecified atom stereocenters. The van der Waals surface area contributed by atoms with Crippen molar-refractivity contribution >= 4 is 21.7 Å². The van der Waals surface area contributed by atoms with Crippen LogP contribution in [0.2, 0.25) is 0 Å². The van der Waals surface area contributed by atoms with Gasteiger partial charge >= 0.3 is 0 Å². The molecule has 0 spiro atoms. The molecule has 3 aromatic rings. The van der Waals surface area contributed by atoms with E-state index in [0.717, 1.165) is 18.3 Å². The van der Waals surface area contributed by atoms with Crippen molar-refractivity contribution in [2.24, 2.45) is 0 Å². The number of anilines is 2. The number of rotatable bonds is 4. The van der Waals surface area contributed by atoms with E-state index in [-0.39, 0.29) is 4.90 Å². The van der Waals surface area contributed by atoms with Crippen LogP contribution in [-0.2, 0) is 10.0 Å². The van der Waals surface area contributed by atoms with E-state index in [1.165, 1.54) is 30.7 Å². The largest absolute Gasteiger partial charge is 0.357 e. The summed E-state index contributed by atoms with van der Waals surface area (Å²) >= 11 is 0. The molecule has 1 aromatic carbocycles. The van der Waals surface area contributed by atoms with Gasteiger partial charge in [0.25, 0.3) is 10.0 Å². The zero-order chi connectivity index (χ0) is 20.1. The number of benzene rings is 1. The molecule has 0 aliphatic carbocycles. The second-order valence-corrected chi connectivity index (χ2v) is 7.06. The number of nitrogens with one attached hydrogen (secondary N) is 2. The summed E-state index contributed by atoms with van der Waals surface area (Å²) in [6.45, 7) is 0. The molecule has 0 bridgehead atoms. The molecule has 28 heavy (non-hydrogen) atoms. The van der Waals surface area contributed by atoms with Crippen LogP contribution < -0.4 is 10.0 Å². The standard InChI is InChI=1S/C18H13F2N5O2S/c1-21-18-23-9-12(10-24-18)4-5-14-15(19)6-7-16(17(14)20)25-28(26,27)13-3-2-8-22-11-13/h2-3,6-11,25H,1H3,(H,21,23,24). The van der Waals surface area contributed by atoms with Gasteiger partial charge < -0.3 is 5.32 Å². The van der Waals surface area contributed by atoms with Crippen LogP contribution in [0.5, 0.6) is 0 Å². The van der Waals surface area contributed by atoms with Crippen LogP contribution in [0.4, 0.5) is 20.4 Å². The predicted molar refractivity (Wildman–Crippen MR) is 99.0 cm³/mol. The number of pyridine rings is 1. The van der Waals surface area contributed by atoms with E-state index in [4.69, 9.17) is 0 Å². The van der Waals surface area contributed by atoms with Gasteiger partial charge in [0.1, 0.15) is 10.7 Å². The van der Waals surface area contributed by atoms with E-state index in [1.54, 1.807) is 7.05 Å². The van der Waals surface area contributed by atoms with E-state index in [1.807, 2.05) is 0 Å². The van der Waals surface area contributed by atoms with Gasteiger partial charge in [-0.25, -0.2) is 27.2 Å². The Balaban J connectivity index is 1.93. The van der Waals surface area contributed by atoms with Crippen LogP contribution in [0.3, 0.4) is 0 Å². The average Bonchev–Trinajstić information content (AvgIpc) is 2.71. The Labute approximate surface area is 159 Å². The summed E-state index contributed by atoms with van der Waals surface area (Å²) in [7, 11) is -2.45. The SMILES string of the molecule is CNc1ncc(C#Cc2c(F)ccc(NS(=O)(=O)c3cccnc3)c2F)cn1. The number of sulfonamides is 1. The molecule has 3 rings (SSSR count). The highest BCUT2D eigenvalue weighted by atomic mass is 32.2. The zero-order valence-corrected chi connectivity index (χ0v) is 15.3. The Kier molecular flexibility index (Phi) is 5.47. The van der Waals surface area contributed by atoms with E-state index in [9.17, 15) is 17.2 Å². The summed E-state index contributed by atoms with van der Waals surface area (Å²) in [6.07, 6.45) is 5.28. The molecule has 2 aromatic heterocycles. The van der Waals surface area contributed by atoms with Crippen LogP contribution in [0, 0.1) is 23.5 Å². The molecule has 0 saturated heterocycles. The molecule has 142 valence electrons. The maximum Gasteiger partial charge on any atom is 0.263 e. The fourth-order valence-corrected chi connectivity index (χ4v) is 3.13. The molecule has 0 amide bonds. The lowest BCUT2D eigenvalue weighted by molar-refractivity contribution is 0.578. The first kappa shape index (κ1) is 19.2. The minimum absolute atomic E-state index is 0.159. The maximum atomic E-state index is 14.7. The monoisotopic (exact) mass is 401 g/mol. The summed E-state index contributed by atoms with van der Waals surface area (Å²) in [4.78, 5) is 11.4. The van der Waals surface area contributed by atoms with Gasteiger partial charge in [-0.3, -0.25) is 9.71 Å². The van der Waals surface area contributed by atoms with Crippen molar-refractivity contribution in [1.29, 1.82) is 0 Å². The Morgan fingerprint density at radius 1 is 1.04 bits per heavy atom. The van der Waals surface area contributed by atoms with Crippen molar-refractivity contribution in [1.82, 2.24) is 15.0 Å². The van der Waals surface area contributed by atoms with Crippen molar-refractivity contribution in [2.45, 2.75) is 4.90 Å². The van der Waals surface area contributed by atoms with Crippen LogP contribution in [0.1, 0.15) is 11.1 Å². The van der Waals surface area contributed by atoms with Gasteiger partial charge in [-0.05, 0) is 24.3 Å². The van der Waals surface area contributed by atoms with Crippen LogP contribution in [-0.4, -0.2) is 30.4 Å². The highest BCUT2D eigenvalue weighted by Gasteiger charge is 2.19. The lowest BCUT2D eigenvalue weighted by Crippen LogP contribution is -2.14. The van der Waals surface area contributed by atoms with Crippen LogP contribution >= 0.6 is 0 Å². The van der Waals surface area contributed by atoms with E-state index in [0.29, 0.717) is 11.5 Å². The highest BCUT2D eigenvalue weighted by Crippen LogP contribution is 2.23. The van der Waals surface area contributed by atoms with Crippen molar-refractivity contribution in [3.63, 3.8) is 0 Å².